The summed E-state index contributed by atoms with van der Waals surface area (Å²) in [4.78, 5) is 14.4. The van der Waals surface area contributed by atoms with E-state index in [9.17, 15) is 4.79 Å². The molecule has 1 atom stereocenters. The zero-order valence-corrected chi connectivity index (χ0v) is 12.5. The van der Waals surface area contributed by atoms with Crippen molar-refractivity contribution in [2.24, 2.45) is 5.92 Å². The number of allylic oxidation sites excluding steroid dienone is 1. The van der Waals surface area contributed by atoms with E-state index < -0.39 is 0 Å². The Labute approximate surface area is 126 Å². The van der Waals surface area contributed by atoms with Crippen LogP contribution in [0, 0.1) is 5.92 Å². The Bertz CT molecular complexity index is 503. The zero-order chi connectivity index (χ0) is 14.7. The van der Waals surface area contributed by atoms with E-state index in [0.29, 0.717) is 0 Å². The van der Waals surface area contributed by atoms with Crippen LogP contribution in [0.15, 0.2) is 43.0 Å². The molecule has 0 amide bonds. The van der Waals surface area contributed by atoms with Gasteiger partial charge in [-0.1, -0.05) is 36.4 Å². The molecule has 1 spiro atoms. The molecule has 1 unspecified atom stereocenters. The molecule has 2 fully saturated rings. The third-order valence-electron chi connectivity index (χ3n) is 4.74. The van der Waals surface area contributed by atoms with Crippen molar-refractivity contribution in [1.82, 2.24) is 4.90 Å². The average Bonchev–Trinajstić information content (AvgIpc) is 2.79. The summed E-state index contributed by atoms with van der Waals surface area (Å²) in [6.45, 7) is 6.73. The summed E-state index contributed by atoms with van der Waals surface area (Å²) in [5, 5.41) is 0. The molecule has 3 rings (SSSR count). The van der Waals surface area contributed by atoms with Gasteiger partial charge in [0.25, 0.3) is 0 Å². The molecule has 2 aliphatic rings. The lowest BCUT2D eigenvalue weighted by Gasteiger charge is -2.38. The number of piperidine rings is 1. The first-order valence-electron chi connectivity index (χ1n) is 7.81. The van der Waals surface area contributed by atoms with Crippen LogP contribution in [-0.4, -0.2) is 29.6 Å². The zero-order valence-electron chi connectivity index (χ0n) is 12.5. The van der Waals surface area contributed by atoms with Gasteiger partial charge in [0.1, 0.15) is 5.60 Å². The maximum atomic E-state index is 11.9. The molecule has 0 radical (unpaired) electrons. The smallest absolute Gasteiger partial charge is 0.309 e. The predicted molar refractivity (Wildman–Crippen MR) is 82.7 cm³/mol. The molecule has 1 aromatic carbocycles. The fourth-order valence-electron chi connectivity index (χ4n) is 3.52. The van der Waals surface area contributed by atoms with Crippen LogP contribution < -0.4 is 0 Å². The molecule has 0 N–H and O–H groups in total. The summed E-state index contributed by atoms with van der Waals surface area (Å²) in [6.07, 6.45) is 5.36. The third kappa shape index (κ3) is 3.18. The van der Waals surface area contributed by atoms with Crippen molar-refractivity contribution < 1.29 is 9.53 Å². The number of carbonyl (C=O) groups is 1. The van der Waals surface area contributed by atoms with E-state index in [1.165, 1.54) is 5.56 Å². The van der Waals surface area contributed by atoms with Gasteiger partial charge >= 0.3 is 5.97 Å². The van der Waals surface area contributed by atoms with E-state index in [4.69, 9.17) is 4.74 Å². The second kappa shape index (κ2) is 6.02. The van der Waals surface area contributed by atoms with Crippen LogP contribution >= 0.6 is 0 Å². The Balaban J connectivity index is 1.56. The lowest BCUT2D eigenvalue weighted by molar-refractivity contribution is -0.153. The normalized spacial score (nSPS) is 25.0. The number of hydrogen-bond acceptors (Lipinski definition) is 3. The highest BCUT2D eigenvalue weighted by Crippen LogP contribution is 2.40. The standard InChI is InChI=1S/C18H23NO2/c1-2-6-16-13-18(21-17(16)20)9-11-19(12-10-18)14-15-7-4-3-5-8-15/h2-5,7-8,16H,1,6,9-14H2. The summed E-state index contributed by atoms with van der Waals surface area (Å²) in [5.41, 5.74) is 1.15. The predicted octanol–water partition coefficient (Wildman–Crippen LogP) is 3.16. The van der Waals surface area contributed by atoms with Gasteiger partial charge in [0.05, 0.1) is 5.92 Å². The van der Waals surface area contributed by atoms with Crippen LogP contribution in [0.25, 0.3) is 0 Å². The van der Waals surface area contributed by atoms with Gasteiger partial charge in [-0.25, -0.2) is 0 Å². The molecular weight excluding hydrogens is 262 g/mol. The van der Waals surface area contributed by atoms with Crippen molar-refractivity contribution >= 4 is 5.97 Å². The van der Waals surface area contributed by atoms with Crippen molar-refractivity contribution in [3.63, 3.8) is 0 Å². The average molecular weight is 285 g/mol. The van der Waals surface area contributed by atoms with E-state index >= 15 is 0 Å². The summed E-state index contributed by atoms with van der Waals surface area (Å²) in [5.74, 6) is 0.00887. The fourth-order valence-corrected chi connectivity index (χ4v) is 3.52. The van der Waals surface area contributed by atoms with Crippen molar-refractivity contribution in [2.45, 2.75) is 37.8 Å². The summed E-state index contributed by atoms with van der Waals surface area (Å²) >= 11 is 0. The van der Waals surface area contributed by atoms with Gasteiger partial charge in [-0.3, -0.25) is 9.69 Å². The third-order valence-corrected chi connectivity index (χ3v) is 4.74. The molecular formula is C18H23NO2. The first kappa shape index (κ1) is 14.3. The molecule has 2 heterocycles. The Morgan fingerprint density at radius 2 is 2.00 bits per heavy atom. The minimum Gasteiger partial charge on any atom is -0.459 e. The molecule has 3 nitrogen and oxygen atoms in total. The number of esters is 1. The Kier molecular flexibility index (Phi) is 4.11. The van der Waals surface area contributed by atoms with E-state index in [-0.39, 0.29) is 17.5 Å². The van der Waals surface area contributed by atoms with Crippen LogP contribution in [0.4, 0.5) is 0 Å². The summed E-state index contributed by atoms with van der Waals surface area (Å²) in [7, 11) is 0. The summed E-state index contributed by atoms with van der Waals surface area (Å²) in [6, 6.07) is 10.5. The van der Waals surface area contributed by atoms with E-state index in [0.717, 1.165) is 45.3 Å². The lowest BCUT2D eigenvalue weighted by atomic mass is 9.84. The second-order valence-corrected chi connectivity index (χ2v) is 6.29. The van der Waals surface area contributed by atoms with E-state index in [1.54, 1.807) is 0 Å². The van der Waals surface area contributed by atoms with Gasteiger partial charge in [0.2, 0.25) is 0 Å². The Hall–Kier alpha value is -1.61. The number of ether oxygens (including phenoxy) is 1. The topological polar surface area (TPSA) is 29.5 Å². The van der Waals surface area contributed by atoms with Crippen molar-refractivity contribution in [1.29, 1.82) is 0 Å². The number of hydrogen-bond donors (Lipinski definition) is 0. The quantitative estimate of drug-likeness (QED) is 0.628. The lowest BCUT2D eigenvalue weighted by Crippen LogP contribution is -2.43. The molecule has 0 aromatic heterocycles. The first-order valence-corrected chi connectivity index (χ1v) is 7.81. The van der Waals surface area contributed by atoms with Gasteiger partial charge in [-0.2, -0.15) is 0 Å². The van der Waals surface area contributed by atoms with Gasteiger partial charge in [-0.15, -0.1) is 6.58 Å². The van der Waals surface area contributed by atoms with Gasteiger partial charge in [0, 0.05) is 38.9 Å². The number of benzene rings is 1. The van der Waals surface area contributed by atoms with Crippen molar-refractivity contribution in [2.75, 3.05) is 13.1 Å². The molecule has 2 saturated heterocycles. The minimum absolute atomic E-state index is 0.0218. The maximum Gasteiger partial charge on any atom is 0.309 e. The summed E-state index contributed by atoms with van der Waals surface area (Å²) < 4.78 is 5.74. The molecule has 2 aliphatic heterocycles. The van der Waals surface area contributed by atoms with Crippen LogP contribution in [0.3, 0.4) is 0 Å². The van der Waals surface area contributed by atoms with Crippen LogP contribution in [0.2, 0.25) is 0 Å². The number of rotatable bonds is 4. The largest absolute Gasteiger partial charge is 0.459 e. The highest BCUT2D eigenvalue weighted by molar-refractivity contribution is 5.75. The van der Waals surface area contributed by atoms with Gasteiger partial charge < -0.3 is 4.74 Å². The molecule has 1 aromatic rings. The Morgan fingerprint density at radius 3 is 2.67 bits per heavy atom. The fraction of sp³-hybridized carbons (Fsp3) is 0.500. The number of nitrogens with zero attached hydrogens (tertiary/aromatic N) is 1. The van der Waals surface area contributed by atoms with Crippen molar-refractivity contribution in [3.05, 3.63) is 48.6 Å². The van der Waals surface area contributed by atoms with E-state index in [1.807, 2.05) is 12.1 Å². The number of carbonyl (C=O) groups excluding carboxylic acids is 1. The highest BCUT2D eigenvalue weighted by Gasteiger charge is 2.47. The molecule has 0 aliphatic carbocycles. The number of likely N-dealkylation sites (tertiary alicyclic amines) is 1. The Morgan fingerprint density at radius 1 is 1.29 bits per heavy atom. The molecule has 0 saturated carbocycles. The van der Waals surface area contributed by atoms with Crippen molar-refractivity contribution in [3.8, 4) is 0 Å². The first-order chi connectivity index (χ1) is 10.2. The van der Waals surface area contributed by atoms with Crippen LogP contribution in [0.5, 0.6) is 0 Å². The minimum atomic E-state index is -0.196. The second-order valence-electron chi connectivity index (χ2n) is 6.29. The SMILES string of the molecule is C=CCC1CC2(CCN(Cc3ccccc3)CC2)OC1=O. The monoisotopic (exact) mass is 285 g/mol. The molecule has 21 heavy (non-hydrogen) atoms. The van der Waals surface area contributed by atoms with Crippen LogP contribution in [0.1, 0.15) is 31.2 Å². The van der Waals surface area contributed by atoms with Crippen LogP contribution in [-0.2, 0) is 16.1 Å². The highest BCUT2D eigenvalue weighted by atomic mass is 16.6. The van der Waals surface area contributed by atoms with Gasteiger partial charge in [-0.05, 0) is 12.0 Å². The van der Waals surface area contributed by atoms with Gasteiger partial charge in [0.15, 0.2) is 0 Å². The maximum absolute atomic E-state index is 11.9. The molecule has 0 bridgehead atoms. The molecule has 3 heteroatoms. The molecule has 112 valence electrons. The van der Waals surface area contributed by atoms with E-state index in [2.05, 4.69) is 35.7 Å².